The molecule has 15 heavy (non-hydrogen) atoms. The number of fused-ring (bicyclic) bond motifs is 2. The summed E-state index contributed by atoms with van der Waals surface area (Å²) < 4.78 is 0. The van der Waals surface area contributed by atoms with Crippen molar-refractivity contribution < 1.29 is 0 Å². The number of rotatable bonds is 1. The normalized spacial score (nSPS) is 22.7. The van der Waals surface area contributed by atoms with Gasteiger partial charge in [0.2, 0.25) is 0 Å². The Labute approximate surface area is 91.1 Å². The lowest BCUT2D eigenvalue weighted by Crippen LogP contribution is -2.04. The van der Waals surface area contributed by atoms with Crippen LogP contribution < -0.4 is 5.32 Å². The first-order valence-corrected chi connectivity index (χ1v) is 6.03. The summed E-state index contributed by atoms with van der Waals surface area (Å²) in [6, 6.07) is 0. The van der Waals surface area contributed by atoms with Crippen LogP contribution in [-0.4, -0.2) is 12.0 Å². The number of anilines is 1. The monoisotopic (exact) mass is 202 g/mol. The Hall–Kier alpha value is -1.05. The second-order valence-corrected chi connectivity index (χ2v) is 4.82. The maximum Gasteiger partial charge on any atom is 0.0487 e. The molecule has 0 bridgehead atoms. The van der Waals surface area contributed by atoms with E-state index in [0.29, 0.717) is 5.92 Å². The van der Waals surface area contributed by atoms with Gasteiger partial charge < -0.3 is 5.32 Å². The fourth-order valence-corrected chi connectivity index (χ4v) is 3.10. The van der Waals surface area contributed by atoms with Crippen LogP contribution in [-0.2, 0) is 19.3 Å². The van der Waals surface area contributed by atoms with Crippen LogP contribution in [0.1, 0.15) is 48.2 Å². The average molecular weight is 202 g/mol. The molecule has 1 atom stereocenters. The van der Waals surface area contributed by atoms with Crippen LogP contribution >= 0.6 is 0 Å². The first-order chi connectivity index (χ1) is 7.31. The number of aromatic nitrogens is 1. The standard InChI is InChI=1S/C13H18N2/c1-8-6-7-10-12(8)15-11-5-3-4-9(11)13(10)14-2/h8H,3-7H2,1-2H3,(H,14,15). The highest BCUT2D eigenvalue weighted by atomic mass is 14.9. The highest BCUT2D eigenvalue weighted by Crippen LogP contribution is 2.40. The van der Waals surface area contributed by atoms with Crippen LogP contribution in [0.2, 0.25) is 0 Å². The molecule has 1 aromatic rings. The van der Waals surface area contributed by atoms with Crippen LogP contribution in [0.3, 0.4) is 0 Å². The number of aryl methyl sites for hydroxylation is 1. The zero-order valence-electron chi connectivity index (χ0n) is 9.56. The molecule has 1 heterocycles. The maximum absolute atomic E-state index is 4.88. The van der Waals surface area contributed by atoms with Gasteiger partial charge in [-0.1, -0.05) is 6.92 Å². The summed E-state index contributed by atoms with van der Waals surface area (Å²) in [4.78, 5) is 4.88. The molecule has 0 fully saturated rings. The molecule has 2 aliphatic carbocycles. The summed E-state index contributed by atoms with van der Waals surface area (Å²) >= 11 is 0. The van der Waals surface area contributed by atoms with Crippen molar-refractivity contribution in [1.29, 1.82) is 0 Å². The van der Waals surface area contributed by atoms with Gasteiger partial charge in [0.25, 0.3) is 0 Å². The Balaban J connectivity index is 2.23. The SMILES string of the molecule is CNc1c2c(nc3c1CCC3C)CCC2. The van der Waals surface area contributed by atoms with Gasteiger partial charge in [0.1, 0.15) is 0 Å². The summed E-state index contributed by atoms with van der Waals surface area (Å²) in [5.74, 6) is 0.665. The highest BCUT2D eigenvalue weighted by Gasteiger charge is 2.28. The van der Waals surface area contributed by atoms with Crippen molar-refractivity contribution in [3.63, 3.8) is 0 Å². The van der Waals surface area contributed by atoms with Gasteiger partial charge in [0, 0.05) is 24.1 Å². The molecule has 3 rings (SSSR count). The Bertz CT molecular complexity index is 409. The van der Waals surface area contributed by atoms with E-state index in [0.717, 1.165) is 0 Å². The third-order valence-corrected chi connectivity index (χ3v) is 3.90. The minimum Gasteiger partial charge on any atom is -0.388 e. The van der Waals surface area contributed by atoms with E-state index in [1.165, 1.54) is 60.3 Å². The molecule has 0 radical (unpaired) electrons. The van der Waals surface area contributed by atoms with E-state index in [4.69, 9.17) is 4.98 Å². The molecule has 0 aliphatic heterocycles. The predicted octanol–water partition coefficient (Wildman–Crippen LogP) is 2.66. The molecule has 0 saturated carbocycles. The molecule has 1 aromatic heterocycles. The number of nitrogens with zero attached hydrogens (tertiary/aromatic N) is 1. The van der Waals surface area contributed by atoms with Crippen LogP contribution in [0.4, 0.5) is 5.69 Å². The Kier molecular flexibility index (Phi) is 1.98. The number of pyridine rings is 1. The molecule has 2 heteroatoms. The summed E-state index contributed by atoms with van der Waals surface area (Å²) in [7, 11) is 2.05. The molecule has 0 spiro atoms. The van der Waals surface area contributed by atoms with Gasteiger partial charge >= 0.3 is 0 Å². The minimum atomic E-state index is 0.665. The topological polar surface area (TPSA) is 24.9 Å². The lowest BCUT2D eigenvalue weighted by Gasteiger charge is -2.14. The van der Waals surface area contributed by atoms with E-state index in [-0.39, 0.29) is 0 Å². The molecule has 2 aliphatic rings. The fourth-order valence-electron chi connectivity index (χ4n) is 3.10. The third-order valence-electron chi connectivity index (χ3n) is 3.90. The van der Waals surface area contributed by atoms with Gasteiger partial charge in [-0.15, -0.1) is 0 Å². The molecule has 0 aromatic carbocycles. The summed E-state index contributed by atoms with van der Waals surface area (Å²) in [6.45, 7) is 2.31. The molecule has 2 nitrogen and oxygen atoms in total. The van der Waals surface area contributed by atoms with E-state index >= 15 is 0 Å². The quantitative estimate of drug-likeness (QED) is 0.757. The van der Waals surface area contributed by atoms with Crippen molar-refractivity contribution >= 4 is 5.69 Å². The molecule has 0 amide bonds. The lowest BCUT2D eigenvalue weighted by molar-refractivity contribution is 0.726. The zero-order valence-corrected chi connectivity index (χ0v) is 9.56. The van der Waals surface area contributed by atoms with E-state index in [1.54, 1.807) is 0 Å². The van der Waals surface area contributed by atoms with Gasteiger partial charge in [0.05, 0.1) is 0 Å². The number of hydrogen-bond donors (Lipinski definition) is 1. The molecule has 1 unspecified atom stereocenters. The van der Waals surface area contributed by atoms with E-state index < -0.39 is 0 Å². The summed E-state index contributed by atoms with van der Waals surface area (Å²) in [6.07, 6.45) is 6.19. The van der Waals surface area contributed by atoms with Gasteiger partial charge in [-0.25, -0.2) is 0 Å². The van der Waals surface area contributed by atoms with Crippen LogP contribution in [0.5, 0.6) is 0 Å². The van der Waals surface area contributed by atoms with Crippen molar-refractivity contribution in [2.75, 3.05) is 12.4 Å². The smallest absolute Gasteiger partial charge is 0.0487 e. The molecular weight excluding hydrogens is 184 g/mol. The third kappa shape index (κ3) is 1.20. The number of hydrogen-bond acceptors (Lipinski definition) is 2. The average Bonchev–Trinajstić information content (AvgIpc) is 2.83. The Morgan fingerprint density at radius 1 is 1.20 bits per heavy atom. The Morgan fingerprint density at radius 3 is 2.87 bits per heavy atom. The van der Waals surface area contributed by atoms with Crippen LogP contribution in [0.25, 0.3) is 0 Å². The summed E-state index contributed by atoms with van der Waals surface area (Å²) in [5.41, 5.74) is 7.17. The van der Waals surface area contributed by atoms with E-state index in [9.17, 15) is 0 Å². The first kappa shape index (κ1) is 9.20. The molecule has 1 N–H and O–H groups in total. The van der Waals surface area contributed by atoms with E-state index in [2.05, 4.69) is 19.3 Å². The highest BCUT2D eigenvalue weighted by molar-refractivity contribution is 5.63. The maximum atomic E-state index is 4.88. The van der Waals surface area contributed by atoms with Crippen molar-refractivity contribution in [2.24, 2.45) is 0 Å². The van der Waals surface area contributed by atoms with Crippen LogP contribution in [0, 0.1) is 0 Å². The summed E-state index contributed by atoms with van der Waals surface area (Å²) in [5, 5.41) is 3.41. The van der Waals surface area contributed by atoms with Gasteiger partial charge in [-0.05, 0) is 49.1 Å². The number of nitrogens with one attached hydrogen (secondary N) is 1. The minimum absolute atomic E-state index is 0.665. The lowest BCUT2D eigenvalue weighted by atomic mass is 10.0. The van der Waals surface area contributed by atoms with Crippen molar-refractivity contribution in [2.45, 2.75) is 44.9 Å². The Morgan fingerprint density at radius 2 is 2.07 bits per heavy atom. The van der Waals surface area contributed by atoms with Crippen molar-refractivity contribution in [3.05, 3.63) is 22.5 Å². The second kappa shape index (κ2) is 3.22. The first-order valence-electron chi connectivity index (χ1n) is 6.03. The molecule has 80 valence electrons. The largest absolute Gasteiger partial charge is 0.388 e. The molecular formula is C13H18N2. The zero-order chi connectivity index (χ0) is 10.4. The van der Waals surface area contributed by atoms with Crippen LogP contribution in [0.15, 0.2) is 0 Å². The second-order valence-electron chi connectivity index (χ2n) is 4.82. The van der Waals surface area contributed by atoms with Crippen molar-refractivity contribution in [3.8, 4) is 0 Å². The molecule has 0 saturated heterocycles. The van der Waals surface area contributed by atoms with Gasteiger partial charge in [-0.3, -0.25) is 4.98 Å². The van der Waals surface area contributed by atoms with Gasteiger partial charge in [-0.2, -0.15) is 0 Å². The fraction of sp³-hybridized carbons (Fsp3) is 0.615. The predicted molar refractivity (Wildman–Crippen MR) is 62.5 cm³/mol. The van der Waals surface area contributed by atoms with E-state index in [1.807, 2.05) is 0 Å². The van der Waals surface area contributed by atoms with Gasteiger partial charge in [0.15, 0.2) is 0 Å². The van der Waals surface area contributed by atoms with Crippen molar-refractivity contribution in [1.82, 2.24) is 4.98 Å².